The van der Waals surface area contributed by atoms with E-state index in [0.29, 0.717) is 6.54 Å². The summed E-state index contributed by atoms with van der Waals surface area (Å²) in [5, 5.41) is 18.9. The van der Waals surface area contributed by atoms with Crippen molar-refractivity contribution in [1.29, 1.82) is 0 Å². The number of nitrogens with zero attached hydrogens (tertiary/aromatic N) is 1. The standard InChI is InChI=1S/C28H39N5O6/c1-3-4-15-30-27(37)33(2)18-24(34)22(16-20-11-7-5-8-12-20)31-26(36)23(17-25(29)35)32-28(38)39-19-21-13-9-6-10-14-21/h5-14,22-24,34H,3-4,15-19H2,1-2H3,(H2,29,35)(H,30,37)(H,31,36)(H,32,38)/t22-,23-,24-/m0/s1. The fourth-order valence-electron chi connectivity index (χ4n) is 3.75. The van der Waals surface area contributed by atoms with Gasteiger partial charge in [-0.25, -0.2) is 9.59 Å². The Morgan fingerprint density at radius 1 is 0.974 bits per heavy atom. The highest BCUT2D eigenvalue weighted by molar-refractivity contribution is 5.90. The number of primary amides is 1. The van der Waals surface area contributed by atoms with Crippen LogP contribution in [0.2, 0.25) is 0 Å². The molecular formula is C28H39N5O6. The summed E-state index contributed by atoms with van der Waals surface area (Å²) in [6.07, 6.45) is -0.533. The van der Waals surface area contributed by atoms with Crippen molar-refractivity contribution in [3.05, 3.63) is 71.8 Å². The van der Waals surface area contributed by atoms with E-state index in [9.17, 15) is 24.3 Å². The van der Waals surface area contributed by atoms with Crippen molar-refractivity contribution in [1.82, 2.24) is 20.9 Å². The zero-order valence-electron chi connectivity index (χ0n) is 22.5. The van der Waals surface area contributed by atoms with E-state index in [0.717, 1.165) is 24.0 Å². The fourth-order valence-corrected chi connectivity index (χ4v) is 3.75. The Hall–Kier alpha value is -4.12. The Morgan fingerprint density at radius 3 is 2.18 bits per heavy atom. The summed E-state index contributed by atoms with van der Waals surface area (Å²) < 4.78 is 5.17. The van der Waals surface area contributed by atoms with Crippen LogP contribution in [-0.4, -0.2) is 72.3 Å². The van der Waals surface area contributed by atoms with Gasteiger partial charge in [0, 0.05) is 13.6 Å². The van der Waals surface area contributed by atoms with Crippen molar-refractivity contribution in [2.24, 2.45) is 5.73 Å². The van der Waals surface area contributed by atoms with Gasteiger partial charge in [-0.1, -0.05) is 74.0 Å². The van der Waals surface area contributed by atoms with E-state index in [4.69, 9.17) is 10.5 Å². The third kappa shape index (κ3) is 11.9. The maximum absolute atomic E-state index is 13.2. The second-order valence-electron chi connectivity index (χ2n) is 9.27. The van der Waals surface area contributed by atoms with E-state index >= 15 is 0 Å². The number of hydrogen-bond donors (Lipinski definition) is 5. The average Bonchev–Trinajstić information content (AvgIpc) is 2.92. The van der Waals surface area contributed by atoms with Crippen molar-refractivity contribution in [2.45, 2.75) is 57.4 Å². The van der Waals surface area contributed by atoms with Crippen LogP contribution in [0.5, 0.6) is 0 Å². The van der Waals surface area contributed by atoms with Crippen molar-refractivity contribution >= 4 is 23.9 Å². The number of alkyl carbamates (subject to hydrolysis) is 1. The summed E-state index contributed by atoms with van der Waals surface area (Å²) >= 11 is 0. The molecule has 0 aliphatic carbocycles. The molecule has 2 aromatic carbocycles. The topological polar surface area (TPSA) is 163 Å². The highest BCUT2D eigenvalue weighted by Gasteiger charge is 2.30. The number of carbonyl (C=O) groups is 4. The first-order valence-electron chi connectivity index (χ1n) is 13.0. The Kier molecular flexibility index (Phi) is 13.3. The number of benzene rings is 2. The lowest BCUT2D eigenvalue weighted by Crippen LogP contribution is -2.56. The van der Waals surface area contributed by atoms with E-state index in [2.05, 4.69) is 16.0 Å². The van der Waals surface area contributed by atoms with E-state index < -0.39 is 42.5 Å². The largest absolute Gasteiger partial charge is 0.445 e. The molecule has 2 aromatic rings. The number of hydrogen-bond acceptors (Lipinski definition) is 6. The number of aliphatic hydroxyl groups excluding tert-OH is 1. The van der Waals surface area contributed by atoms with Crippen molar-refractivity contribution in [3.8, 4) is 0 Å². The van der Waals surface area contributed by atoms with Crippen LogP contribution in [0.1, 0.15) is 37.3 Å². The van der Waals surface area contributed by atoms with Crippen molar-refractivity contribution in [3.63, 3.8) is 0 Å². The molecule has 0 bridgehead atoms. The Balaban J connectivity index is 2.09. The van der Waals surface area contributed by atoms with Crippen LogP contribution in [0, 0.1) is 0 Å². The van der Waals surface area contributed by atoms with Crippen LogP contribution in [0.15, 0.2) is 60.7 Å². The molecule has 0 aliphatic rings. The lowest BCUT2D eigenvalue weighted by molar-refractivity contribution is -0.128. The molecule has 212 valence electrons. The molecule has 6 N–H and O–H groups in total. The third-order valence-corrected chi connectivity index (χ3v) is 5.93. The molecule has 3 atom stereocenters. The van der Waals surface area contributed by atoms with Gasteiger partial charge >= 0.3 is 12.1 Å². The number of nitrogens with one attached hydrogen (secondary N) is 3. The minimum Gasteiger partial charge on any atom is -0.445 e. The number of likely N-dealkylation sites (N-methyl/N-ethyl adjacent to an activating group) is 1. The number of carbonyl (C=O) groups excluding carboxylic acids is 4. The summed E-state index contributed by atoms with van der Waals surface area (Å²) in [6.45, 7) is 2.43. The molecule has 11 nitrogen and oxygen atoms in total. The maximum atomic E-state index is 13.2. The maximum Gasteiger partial charge on any atom is 0.408 e. The number of aliphatic hydroxyl groups is 1. The van der Waals surface area contributed by atoms with Crippen LogP contribution >= 0.6 is 0 Å². The molecule has 0 heterocycles. The van der Waals surface area contributed by atoms with Crippen LogP contribution in [0.4, 0.5) is 9.59 Å². The van der Waals surface area contributed by atoms with E-state index in [1.54, 1.807) is 31.3 Å². The van der Waals surface area contributed by atoms with Crippen LogP contribution in [-0.2, 0) is 27.4 Å². The Bertz CT molecular complexity index is 1050. The predicted octanol–water partition coefficient (Wildman–Crippen LogP) is 1.69. The lowest BCUT2D eigenvalue weighted by Gasteiger charge is -2.29. The zero-order valence-corrected chi connectivity index (χ0v) is 22.5. The first-order valence-corrected chi connectivity index (χ1v) is 13.0. The number of unbranched alkanes of at least 4 members (excludes halogenated alkanes) is 1. The Morgan fingerprint density at radius 2 is 1.59 bits per heavy atom. The number of urea groups is 1. The van der Waals surface area contributed by atoms with Crippen molar-refractivity contribution < 1.29 is 29.0 Å². The average molecular weight is 542 g/mol. The molecule has 5 amide bonds. The normalized spacial score (nSPS) is 12.9. The van der Waals surface area contributed by atoms with Gasteiger partial charge in [-0.2, -0.15) is 0 Å². The van der Waals surface area contributed by atoms with E-state index in [1.807, 2.05) is 43.3 Å². The van der Waals surface area contributed by atoms with E-state index in [-0.39, 0.29) is 25.6 Å². The molecule has 0 aliphatic heterocycles. The number of amides is 5. The van der Waals surface area contributed by atoms with Gasteiger partial charge in [-0.05, 0) is 24.0 Å². The van der Waals surface area contributed by atoms with Gasteiger partial charge in [0.25, 0.3) is 0 Å². The molecule has 0 unspecified atom stereocenters. The van der Waals surface area contributed by atoms with Crippen LogP contribution in [0.3, 0.4) is 0 Å². The number of nitrogens with two attached hydrogens (primary N) is 1. The monoisotopic (exact) mass is 541 g/mol. The number of ether oxygens (including phenoxy) is 1. The smallest absolute Gasteiger partial charge is 0.408 e. The molecule has 0 radical (unpaired) electrons. The summed E-state index contributed by atoms with van der Waals surface area (Å²) in [7, 11) is 1.55. The van der Waals surface area contributed by atoms with Gasteiger partial charge in [0.05, 0.1) is 25.1 Å². The highest BCUT2D eigenvalue weighted by atomic mass is 16.5. The highest BCUT2D eigenvalue weighted by Crippen LogP contribution is 2.09. The third-order valence-electron chi connectivity index (χ3n) is 5.93. The van der Waals surface area contributed by atoms with Crippen molar-refractivity contribution in [2.75, 3.05) is 20.1 Å². The molecule has 0 spiro atoms. The SMILES string of the molecule is CCCCNC(=O)N(C)C[C@H](O)[C@H](Cc1ccccc1)NC(=O)[C@H](CC(N)=O)NC(=O)OCc1ccccc1. The van der Waals surface area contributed by atoms with Crippen LogP contribution < -0.4 is 21.7 Å². The summed E-state index contributed by atoms with van der Waals surface area (Å²) in [6, 6.07) is 15.6. The van der Waals surface area contributed by atoms with Gasteiger partial charge < -0.3 is 36.4 Å². The zero-order chi connectivity index (χ0) is 28.6. The quantitative estimate of drug-likeness (QED) is 0.215. The molecule has 2 rings (SSSR count). The summed E-state index contributed by atoms with van der Waals surface area (Å²) in [5.41, 5.74) is 6.90. The Labute approximate surface area is 229 Å². The fraction of sp³-hybridized carbons (Fsp3) is 0.429. The number of rotatable bonds is 15. The molecule has 11 heteroatoms. The molecular weight excluding hydrogens is 502 g/mol. The second kappa shape index (κ2) is 16.7. The molecule has 0 aromatic heterocycles. The van der Waals surface area contributed by atoms with Gasteiger partial charge in [-0.15, -0.1) is 0 Å². The van der Waals surface area contributed by atoms with E-state index in [1.165, 1.54) is 4.90 Å². The molecule has 0 saturated heterocycles. The minimum atomic E-state index is -1.33. The van der Waals surface area contributed by atoms with Gasteiger partial charge in [0.15, 0.2) is 0 Å². The first kappa shape index (κ1) is 31.1. The first-order chi connectivity index (χ1) is 18.7. The molecule has 39 heavy (non-hydrogen) atoms. The minimum absolute atomic E-state index is 0.0282. The van der Waals surface area contributed by atoms with Gasteiger partial charge in [0.1, 0.15) is 12.6 Å². The molecule has 0 fully saturated rings. The van der Waals surface area contributed by atoms with Gasteiger partial charge in [0.2, 0.25) is 11.8 Å². The molecule has 0 saturated carbocycles. The predicted molar refractivity (Wildman–Crippen MR) is 146 cm³/mol. The summed E-state index contributed by atoms with van der Waals surface area (Å²) in [4.78, 5) is 51.0. The summed E-state index contributed by atoms with van der Waals surface area (Å²) in [5.74, 6) is -1.53. The second-order valence-corrected chi connectivity index (χ2v) is 9.27. The lowest BCUT2D eigenvalue weighted by atomic mass is 10.00. The van der Waals surface area contributed by atoms with Gasteiger partial charge in [-0.3, -0.25) is 9.59 Å². The van der Waals surface area contributed by atoms with Crippen LogP contribution in [0.25, 0.3) is 0 Å².